The van der Waals surface area contributed by atoms with Crippen LogP contribution >= 0.6 is 0 Å². The van der Waals surface area contributed by atoms with E-state index in [1.54, 1.807) is 0 Å². The summed E-state index contributed by atoms with van der Waals surface area (Å²) < 4.78 is 0. The summed E-state index contributed by atoms with van der Waals surface area (Å²) in [5.41, 5.74) is 1.41. The summed E-state index contributed by atoms with van der Waals surface area (Å²) in [6, 6.07) is 11.6. The number of benzene rings is 1. The Morgan fingerprint density at radius 2 is 1.89 bits per heavy atom. The maximum atomic E-state index is 3.46. The lowest BCUT2D eigenvalue weighted by Gasteiger charge is -1.93. The van der Waals surface area contributed by atoms with E-state index in [2.05, 4.69) is 34.0 Å². The Hall–Kier alpha value is -0.346. The average Bonchev–Trinajstić information content (AvgIpc) is 1.91. The molecule has 0 unspecified atom stereocenters. The van der Waals surface area contributed by atoms with E-state index in [1.807, 2.05) is 6.07 Å². The van der Waals surface area contributed by atoms with Crippen molar-refractivity contribution in [1.82, 2.24) is 0 Å². The lowest BCUT2D eigenvalue weighted by molar-refractivity contribution is 1.40. The van der Waals surface area contributed by atoms with Gasteiger partial charge in [-0.3, -0.25) is 0 Å². The number of hydrogen-bond acceptors (Lipinski definition) is 0. The summed E-state index contributed by atoms with van der Waals surface area (Å²) in [4.78, 5) is 0. The number of hydrogen-bond donors (Lipinski definition) is 0. The molecule has 2 heteroatoms. The van der Waals surface area contributed by atoms with E-state index < -0.39 is 0 Å². The van der Waals surface area contributed by atoms with E-state index in [0.29, 0.717) is 0 Å². The van der Waals surface area contributed by atoms with E-state index in [0.717, 1.165) is 15.1 Å². The Balaban J connectivity index is 2.61. The van der Waals surface area contributed by atoms with Crippen LogP contribution in [-0.2, 0) is 6.04 Å². The third-order valence-corrected chi connectivity index (χ3v) is 2.25. The molecule has 0 heterocycles. The molecule has 5 radical (unpaired) electrons. The second kappa shape index (κ2) is 3.64. The van der Waals surface area contributed by atoms with Crippen LogP contribution in [0, 0.1) is 0 Å². The van der Waals surface area contributed by atoms with Gasteiger partial charge >= 0.3 is 0 Å². The average molecular weight is 147 g/mol. The fourth-order valence-corrected chi connectivity index (χ4v) is 1.75. The molecular weight excluding hydrogens is 140 g/mol. The van der Waals surface area contributed by atoms with Crippen LogP contribution in [0.4, 0.5) is 0 Å². The summed E-state index contributed by atoms with van der Waals surface area (Å²) in [6.45, 7) is 0. The Kier molecular flexibility index (Phi) is 2.73. The summed E-state index contributed by atoms with van der Waals surface area (Å²) in [7, 11) is 4.30. The molecule has 0 atom stereocenters. The molecule has 43 valence electrons. The Bertz CT molecular complexity index is 160. The lowest BCUT2D eigenvalue weighted by atomic mass is 10.2. The Morgan fingerprint density at radius 3 is 2.44 bits per heavy atom. The molecule has 0 aliphatic heterocycles. The second-order valence-electron chi connectivity index (χ2n) is 1.84. The van der Waals surface area contributed by atoms with Crippen LogP contribution < -0.4 is 0 Å². The predicted octanol–water partition coefficient (Wildman–Crippen LogP) is 0.974. The monoisotopic (exact) mass is 147 g/mol. The van der Waals surface area contributed by atoms with Crippen molar-refractivity contribution >= 4 is 18.8 Å². The summed E-state index contributed by atoms with van der Waals surface area (Å²) in [5, 5.41) is 0. The van der Waals surface area contributed by atoms with Gasteiger partial charge in [0.2, 0.25) is 0 Å². The molecular formula is C7H7Si2. The van der Waals surface area contributed by atoms with Gasteiger partial charge in [-0.25, -0.2) is 0 Å². The normalized spacial score (nSPS) is 9.44. The van der Waals surface area contributed by atoms with Crippen LogP contribution in [0.5, 0.6) is 0 Å². The number of rotatable bonds is 2. The summed E-state index contributed by atoms with van der Waals surface area (Å²) in [6.07, 6.45) is 0. The fraction of sp³-hybridized carbons (Fsp3) is 0.143. The fourth-order valence-electron chi connectivity index (χ4n) is 0.698. The molecule has 0 bridgehead atoms. The van der Waals surface area contributed by atoms with Gasteiger partial charge in [0.1, 0.15) is 0 Å². The minimum Gasteiger partial charge on any atom is -0.0622 e. The van der Waals surface area contributed by atoms with Gasteiger partial charge < -0.3 is 0 Å². The van der Waals surface area contributed by atoms with Crippen molar-refractivity contribution in [3.8, 4) is 0 Å². The first-order chi connectivity index (χ1) is 4.43. The van der Waals surface area contributed by atoms with E-state index >= 15 is 0 Å². The van der Waals surface area contributed by atoms with Crippen LogP contribution in [0.25, 0.3) is 0 Å². The highest BCUT2D eigenvalue weighted by atomic mass is 29.1. The minimum atomic E-state index is 0.841. The topological polar surface area (TPSA) is 0 Å². The van der Waals surface area contributed by atoms with Crippen LogP contribution in [0.1, 0.15) is 5.56 Å². The molecule has 0 aliphatic carbocycles. The maximum absolute atomic E-state index is 3.46. The first-order valence-corrected chi connectivity index (χ1v) is 5.57. The van der Waals surface area contributed by atoms with Crippen molar-refractivity contribution < 1.29 is 0 Å². The quantitative estimate of drug-likeness (QED) is 0.547. The van der Waals surface area contributed by atoms with Crippen LogP contribution in [0.2, 0.25) is 0 Å². The third kappa shape index (κ3) is 2.16. The third-order valence-electron chi connectivity index (χ3n) is 1.14. The second-order valence-corrected chi connectivity index (χ2v) is 3.61. The van der Waals surface area contributed by atoms with Gasteiger partial charge in [-0.15, -0.1) is 0 Å². The zero-order valence-corrected chi connectivity index (χ0v) is 7.09. The molecule has 0 aromatic heterocycles. The summed E-state index contributed by atoms with van der Waals surface area (Å²) >= 11 is 0. The van der Waals surface area contributed by atoms with Crippen LogP contribution in [-0.4, -0.2) is 18.8 Å². The molecule has 0 aliphatic rings. The van der Waals surface area contributed by atoms with Gasteiger partial charge in [0.25, 0.3) is 0 Å². The predicted molar refractivity (Wildman–Crippen MR) is 41.7 cm³/mol. The smallest absolute Gasteiger partial charge is 0.0238 e. The molecule has 0 N–H and O–H groups in total. The highest BCUT2D eigenvalue weighted by Gasteiger charge is 1.85. The zero-order chi connectivity index (χ0) is 6.53. The van der Waals surface area contributed by atoms with Gasteiger partial charge in [0.15, 0.2) is 0 Å². The van der Waals surface area contributed by atoms with Crippen LogP contribution in [0.3, 0.4) is 0 Å². The van der Waals surface area contributed by atoms with Crippen molar-refractivity contribution in [1.29, 1.82) is 0 Å². The van der Waals surface area contributed by atoms with Crippen molar-refractivity contribution in [3.63, 3.8) is 0 Å². The Morgan fingerprint density at radius 1 is 1.22 bits per heavy atom. The van der Waals surface area contributed by atoms with Gasteiger partial charge in [-0.1, -0.05) is 35.9 Å². The first-order valence-electron chi connectivity index (χ1n) is 2.87. The van der Waals surface area contributed by atoms with Gasteiger partial charge in [-0.05, 0) is 6.04 Å². The van der Waals surface area contributed by atoms with E-state index in [4.69, 9.17) is 0 Å². The Labute approximate surface area is 61.3 Å². The van der Waals surface area contributed by atoms with Gasteiger partial charge in [0.05, 0.1) is 0 Å². The molecule has 1 aromatic carbocycles. The van der Waals surface area contributed by atoms with E-state index in [9.17, 15) is 0 Å². The zero-order valence-electron chi connectivity index (χ0n) is 5.09. The molecule has 9 heavy (non-hydrogen) atoms. The standard InChI is InChI=1S/C7H7Si2/c8-9-6-7-4-2-1-3-5-7/h1-5H,6H2. The molecule has 0 fully saturated rings. The SMILES string of the molecule is [Si][Si]Cc1ccccc1. The first kappa shape index (κ1) is 6.77. The molecule has 0 spiro atoms. The molecule has 1 rings (SSSR count). The van der Waals surface area contributed by atoms with Gasteiger partial charge in [-0.2, -0.15) is 0 Å². The molecule has 0 amide bonds. The highest BCUT2D eigenvalue weighted by molar-refractivity contribution is 6.89. The minimum absolute atomic E-state index is 0.841. The van der Waals surface area contributed by atoms with Crippen molar-refractivity contribution in [2.24, 2.45) is 0 Å². The molecule has 1 aromatic rings. The molecule has 0 saturated carbocycles. The van der Waals surface area contributed by atoms with Crippen molar-refractivity contribution in [2.45, 2.75) is 6.04 Å². The van der Waals surface area contributed by atoms with E-state index in [1.165, 1.54) is 5.56 Å². The van der Waals surface area contributed by atoms with Crippen molar-refractivity contribution in [3.05, 3.63) is 35.9 Å². The highest BCUT2D eigenvalue weighted by Crippen LogP contribution is 1.96. The van der Waals surface area contributed by atoms with Gasteiger partial charge in [0, 0.05) is 18.8 Å². The largest absolute Gasteiger partial charge is 0.0622 e. The van der Waals surface area contributed by atoms with E-state index in [-0.39, 0.29) is 0 Å². The summed E-state index contributed by atoms with van der Waals surface area (Å²) in [5.74, 6) is 0. The lowest BCUT2D eigenvalue weighted by Crippen LogP contribution is -1.94. The van der Waals surface area contributed by atoms with Crippen molar-refractivity contribution in [2.75, 3.05) is 0 Å². The molecule has 0 nitrogen and oxygen atoms in total. The maximum Gasteiger partial charge on any atom is 0.0238 e. The molecule has 0 saturated heterocycles. The van der Waals surface area contributed by atoms with Crippen LogP contribution in [0.15, 0.2) is 30.3 Å².